The summed E-state index contributed by atoms with van der Waals surface area (Å²) in [6, 6.07) is 18.5. The zero-order chi connectivity index (χ0) is 25.4. The number of ether oxygens (including phenoxy) is 3. The maximum Gasteiger partial charge on any atom is 0.308 e. The molecule has 1 N–H and O–H groups in total. The first-order valence-corrected chi connectivity index (χ1v) is 11.8. The van der Waals surface area contributed by atoms with Gasteiger partial charge in [0.05, 0.1) is 14.2 Å². The van der Waals surface area contributed by atoms with Crippen LogP contribution in [0.25, 0.3) is 10.9 Å². The third kappa shape index (κ3) is 3.96. The number of nitrogens with one attached hydrogen (secondary N) is 1. The van der Waals surface area contributed by atoms with Crippen molar-refractivity contribution >= 4 is 22.8 Å². The number of nitrogens with zero attached hydrogens (tertiary/aromatic N) is 1. The Morgan fingerprint density at radius 1 is 0.972 bits per heavy atom. The molecule has 0 aliphatic carbocycles. The highest BCUT2D eigenvalue weighted by Crippen LogP contribution is 2.43. The number of esters is 1. The second-order valence-corrected chi connectivity index (χ2v) is 8.84. The van der Waals surface area contributed by atoms with Crippen LogP contribution in [0.15, 0.2) is 60.7 Å². The van der Waals surface area contributed by atoms with Gasteiger partial charge < -0.3 is 24.1 Å². The average molecular weight is 485 g/mol. The van der Waals surface area contributed by atoms with E-state index in [0.717, 1.165) is 33.5 Å². The number of carbonyl (C=O) groups excluding carboxylic acids is 2. The van der Waals surface area contributed by atoms with E-state index in [2.05, 4.69) is 4.98 Å². The fourth-order valence-corrected chi connectivity index (χ4v) is 5.10. The number of benzene rings is 3. The van der Waals surface area contributed by atoms with Gasteiger partial charge in [0.1, 0.15) is 23.3 Å². The van der Waals surface area contributed by atoms with Crippen LogP contribution in [0.2, 0.25) is 0 Å². The Bertz CT molecular complexity index is 1470. The number of aromatic amines is 1. The van der Waals surface area contributed by atoms with Gasteiger partial charge in [-0.25, -0.2) is 0 Å². The molecule has 0 bridgehead atoms. The molecule has 0 fully saturated rings. The Morgan fingerprint density at radius 2 is 1.75 bits per heavy atom. The van der Waals surface area contributed by atoms with Crippen LogP contribution in [-0.2, 0) is 11.2 Å². The summed E-state index contributed by atoms with van der Waals surface area (Å²) in [7, 11) is 3.29. The van der Waals surface area contributed by atoms with Crippen molar-refractivity contribution in [3.63, 3.8) is 0 Å². The van der Waals surface area contributed by atoms with Crippen molar-refractivity contribution in [2.75, 3.05) is 20.8 Å². The van der Waals surface area contributed by atoms with E-state index in [0.29, 0.717) is 35.6 Å². The lowest BCUT2D eigenvalue weighted by Gasteiger charge is -2.37. The van der Waals surface area contributed by atoms with Gasteiger partial charge in [0, 0.05) is 46.8 Å². The molecular weight excluding hydrogens is 456 g/mol. The summed E-state index contributed by atoms with van der Waals surface area (Å²) in [5.74, 6) is 1.31. The standard InChI is InChI=1S/C29H28N2O5/c1-17-20(9-7-11-25(17)36-18(2)32)29(33)31-15-14-21-23-16-19(34-3)12-13-24(23)30-27(21)28(31)22-8-5-6-10-26(22)35-4/h5-13,16,28,30H,14-15H2,1-4H3/t28-/m1/s1. The van der Waals surface area contributed by atoms with Crippen LogP contribution in [0.3, 0.4) is 0 Å². The van der Waals surface area contributed by atoms with Gasteiger partial charge >= 0.3 is 5.97 Å². The first-order valence-electron chi connectivity index (χ1n) is 11.8. The molecule has 0 radical (unpaired) electrons. The molecule has 7 nitrogen and oxygen atoms in total. The molecule has 1 amide bonds. The number of fused-ring (bicyclic) bond motifs is 3. The third-order valence-corrected chi connectivity index (χ3v) is 6.80. The van der Waals surface area contributed by atoms with E-state index in [1.54, 1.807) is 39.3 Å². The van der Waals surface area contributed by atoms with E-state index >= 15 is 0 Å². The summed E-state index contributed by atoms with van der Waals surface area (Å²) in [4.78, 5) is 31.1. The zero-order valence-corrected chi connectivity index (χ0v) is 20.8. The summed E-state index contributed by atoms with van der Waals surface area (Å²) in [6.45, 7) is 3.66. The summed E-state index contributed by atoms with van der Waals surface area (Å²) >= 11 is 0. The number of amides is 1. The number of methoxy groups -OCH3 is 2. The second-order valence-electron chi connectivity index (χ2n) is 8.84. The summed E-state index contributed by atoms with van der Waals surface area (Å²) in [5, 5.41) is 1.09. The number of H-pyrrole nitrogens is 1. The number of aromatic nitrogens is 1. The highest BCUT2D eigenvalue weighted by atomic mass is 16.5. The minimum absolute atomic E-state index is 0.140. The van der Waals surface area contributed by atoms with Crippen molar-refractivity contribution in [1.29, 1.82) is 0 Å². The van der Waals surface area contributed by atoms with Crippen LogP contribution >= 0.6 is 0 Å². The van der Waals surface area contributed by atoms with E-state index in [1.807, 2.05) is 47.4 Å². The number of hydrogen-bond donors (Lipinski definition) is 1. The maximum atomic E-state index is 14.1. The Hall–Kier alpha value is -4.26. The smallest absolute Gasteiger partial charge is 0.308 e. The fourth-order valence-electron chi connectivity index (χ4n) is 5.10. The largest absolute Gasteiger partial charge is 0.497 e. The molecule has 184 valence electrons. The minimum Gasteiger partial charge on any atom is -0.497 e. The molecule has 4 aromatic rings. The second kappa shape index (κ2) is 9.41. The van der Waals surface area contributed by atoms with Crippen LogP contribution in [0.4, 0.5) is 0 Å². The van der Waals surface area contributed by atoms with Gasteiger partial charge in [-0.2, -0.15) is 0 Å². The molecule has 0 spiro atoms. The van der Waals surface area contributed by atoms with Crippen molar-refractivity contribution < 1.29 is 23.8 Å². The highest BCUT2D eigenvalue weighted by molar-refractivity contribution is 5.98. The molecule has 2 heterocycles. The molecule has 7 heteroatoms. The van der Waals surface area contributed by atoms with Crippen LogP contribution in [0, 0.1) is 6.92 Å². The number of rotatable bonds is 5. The molecule has 3 aromatic carbocycles. The van der Waals surface area contributed by atoms with Crippen LogP contribution in [-0.4, -0.2) is 42.5 Å². The fraction of sp³-hybridized carbons (Fsp3) is 0.241. The van der Waals surface area contributed by atoms with Crippen molar-refractivity contribution in [3.05, 3.63) is 88.6 Å². The number of para-hydroxylation sites is 1. The predicted molar refractivity (Wildman–Crippen MR) is 137 cm³/mol. The van der Waals surface area contributed by atoms with Gasteiger partial charge in [0.2, 0.25) is 0 Å². The van der Waals surface area contributed by atoms with Gasteiger partial charge in [-0.15, -0.1) is 0 Å². The Kier molecular flexibility index (Phi) is 6.14. The van der Waals surface area contributed by atoms with Crippen molar-refractivity contribution in [2.24, 2.45) is 0 Å². The summed E-state index contributed by atoms with van der Waals surface area (Å²) in [5.41, 5.74) is 5.12. The third-order valence-electron chi connectivity index (χ3n) is 6.80. The lowest BCUT2D eigenvalue weighted by Crippen LogP contribution is -2.41. The molecule has 1 aliphatic rings. The molecule has 0 unspecified atom stereocenters. The Balaban J connectivity index is 1.67. The van der Waals surface area contributed by atoms with Crippen molar-refractivity contribution in [3.8, 4) is 17.2 Å². The molecule has 1 aliphatic heterocycles. The van der Waals surface area contributed by atoms with Crippen LogP contribution < -0.4 is 14.2 Å². The first-order chi connectivity index (χ1) is 17.4. The van der Waals surface area contributed by atoms with Crippen molar-refractivity contribution in [2.45, 2.75) is 26.3 Å². The minimum atomic E-state index is -0.425. The van der Waals surface area contributed by atoms with E-state index in [-0.39, 0.29) is 5.91 Å². The van der Waals surface area contributed by atoms with E-state index in [9.17, 15) is 9.59 Å². The monoisotopic (exact) mass is 484 g/mol. The van der Waals surface area contributed by atoms with E-state index in [1.165, 1.54) is 6.92 Å². The molecule has 1 aromatic heterocycles. The van der Waals surface area contributed by atoms with Gasteiger partial charge in [-0.1, -0.05) is 24.3 Å². The highest BCUT2D eigenvalue weighted by Gasteiger charge is 2.37. The Morgan fingerprint density at radius 3 is 2.50 bits per heavy atom. The summed E-state index contributed by atoms with van der Waals surface area (Å²) in [6.07, 6.45) is 0.683. The maximum absolute atomic E-state index is 14.1. The average Bonchev–Trinajstić information content (AvgIpc) is 3.26. The SMILES string of the molecule is COc1ccc2[nH]c3c(c2c1)CCN(C(=O)c1cccc(OC(C)=O)c1C)[C@@H]3c1ccccc1OC. The molecule has 0 saturated heterocycles. The molecule has 36 heavy (non-hydrogen) atoms. The summed E-state index contributed by atoms with van der Waals surface area (Å²) < 4.78 is 16.5. The van der Waals surface area contributed by atoms with Crippen molar-refractivity contribution in [1.82, 2.24) is 9.88 Å². The topological polar surface area (TPSA) is 80.9 Å². The molecule has 0 saturated carbocycles. The number of hydrogen-bond acceptors (Lipinski definition) is 5. The molecular formula is C29H28N2O5. The van der Waals surface area contributed by atoms with E-state index < -0.39 is 12.0 Å². The lowest BCUT2D eigenvalue weighted by atomic mass is 9.90. The van der Waals surface area contributed by atoms with Gasteiger partial charge in [0.25, 0.3) is 5.91 Å². The molecule has 1 atom stereocenters. The van der Waals surface area contributed by atoms with Gasteiger partial charge in [-0.05, 0) is 55.3 Å². The van der Waals surface area contributed by atoms with E-state index in [4.69, 9.17) is 14.2 Å². The zero-order valence-electron chi connectivity index (χ0n) is 20.8. The predicted octanol–water partition coefficient (Wildman–Crippen LogP) is 5.21. The van der Waals surface area contributed by atoms with Gasteiger partial charge in [0.15, 0.2) is 0 Å². The molecule has 5 rings (SSSR count). The van der Waals surface area contributed by atoms with Crippen LogP contribution in [0.5, 0.6) is 17.2 Å². The van der Waals surface area contributed by atoms with Gasteiger partial charge in [-0.3, -0.25) is 9.59 Å². The Labute approximate surface area is 209 Å². The lowest BCUT2D eigenvalue weighted by molar-refractivity contribution is -0.131. The number of carbonyl (C=O) groups is 2. The first kappa shape index (κ1) is 23.5. The van der Waals surface area contributed by atoms with Crippen LogP contribution in [0.1, 0.15) is 45.7 Å². The quantitative estimate of drug-likeness (QED) is 0.311. The normalized spacial score (nSPS) is 14.9.